The summed E-state index contributed by atoms with van der Waals surface area (Å²) in [5.74, 6) is 0.102. The van der Waals surface area contributed by atoms with E-state index in [-0.39, 0.29) is 28.9 Å². The first-order valence-corrected chi connectivity index (χ1v) is 13.6. The van der Waals surface area contributed by atoms with Crippen molar-refractivity contribution < 1.29 is 23.8 Å². The van der Waals surface area contributed by atoms with E-state index in [0.29, 0.717) is 19.4 Å². The molecule has 2 aliphatic rings. The third-order valence-electron chi connectivity index (χ3n) is 7.25. The van der Waals surface area contributed by atoms with Gasteiger partial charge >= 0.3 is 5.97 Å². The van der Waals surface area contributed by atoms with E-state index < -0.39 is 20.3 Å². The van der Waals surface area contributed by atoms with Crippen LogP contribution in [0.5, 0.6) is 5.75 Å². The zero-order valence-corrected chi connectivity index (χ0v) is 19.8. The first-order valence-electron chi connectivity index (χ1n) is 10.7. The molecule has 1 fully saturated rings. The van der Waals surface area contributed by atoms with Crippen LogP contribution in [0.25, 0.3) is 0 Å². The minimum Gasteiger partial charge on any atom is -0.496 e. The third kappa shape index (κ3) is 3.99. The predicted octanol–water partition coefficient (Wildman–Crippen LogP) is 4.49. The summed E-state index contributed by atoms with van der Waals surface area (Å²) in [6.07, 6.45) is 0.412. The average molecular weight is 421 g/mol. The second kappa shape index (κ2) is 8.04. The van der Waals surface area contributed by atoms with Crippen LogP contribution in [0.15, 0.2) is 18.2 Å². The molecule has 0 spiro atoms. The normalized spacial score (nSPS) is 29.2. The number of methoxy groups -OCH3 is 1. The lowest BCUT2D eigenvalue weighted by molar-refractivity contribution is -0.153. The molecule has 5 atom stereocenters. The van der Waals surface area contributed by atoms with Gasteiger partial charge in [-0.15, -0.1) is 0 Å². The number of hydrogen-bond donors (Lipinski definition) is 1. The van der Waals surface area contributed by atoms with Crippen molar-refractivity contribution >= 4 is 14.3 Å². The molecular weight excluding hydrogens is 384 g/mol. The molecule has 0 bridgehead atoms. The van der Waals surface area contributed by atoms with Gasteiger partial charge in [0, 0.05) is 5.56 Å². The maximum absolute atomic E-state index is 12.7. The van der Waals surface area contributed by atoms with Gasteiger partial charge in [0.1, 0.15) is 5.75 Å². The van der Waals surface area contributed by atoms with Crippen molar-refractivity contribution in [1.82, 2.24) is 0 Å². The number of rotatable bonds is 5. The van der Waals surface area contributed by atoms with Gasteiger partial charge in [0.2, 0.25) is 0 Å². The Labute approximate surface area is 175 Å². The monoisotopic (exact) mass is 420 g/mol. The summed E-state index contributed by atoms with van der Waals surface area (Å²) in [4.78, 5) is 12.7. The minimum atomic E-state index is -2.07. The highest BCUT2D eigenvalue weighted by Crippen LogP contribution is 2.55. The van der Waals surface area contributed by atoms with Crippen LogP contribution >= 0.6 is 0 Å². The molecule has 3 rings (SSSR count). The molecule has 0 aromatic heterocycles. The Bertz CT molecular complexity index is 754. The maximum Gasteiger partial charge on any atom is 0.311 e. The summed E-state index contributed by atoms with van der Waals surface area (Å²) in [5, 5.41) is 10.9. The van der Waals surface area contributed by atoms with Crippen molar-refractivity contribution in [1.29, 1.82) is 0 Å². The van der Waals surface area contributed by atoms with E-state index in [1.807, 2.05) is 12.1 Å². The Morgan fingerprint density at radius 1 is 1.24 bits per heavy atom. The Morgan fingerprint density at radius 3 is 2.52 bits per heavy atom. The number of aliphatic hydroxyl groups is 1. The highest BCUT2D eigenvalue weighted by atomic mass is 28.4. The first kappa shape index (κ1) is 22.3. The Hall–Kier alpha value is -1.37. The van der Waals surface area contributed by atoms with Crippen molar-refractivity contribution in [2.24, 2.45) is 17.8 Å². The minimum absolute atomic E-state index is 0.0115. The van der Waals surface area contributed by atoms with Gasteiger partial charge in [-0.1, -0.05) is 32.9 Å². The summed E-state index contributed by atoms with van der Waals surface area (Å²) >= 11 is 0. The molecule has 1 aromatic carbocycles. The van der Waals surface area contributed by atoms with Gasteiger partial charge in [0.15, 0.2) is 8.32 Å². The molecular formula is C23H36O5Si. The van der Waals surface area contributed by atoms with Crippen LogP contribution in [0.3, 0.4) is 0 Å². The number of aliphatic hydroxyl groups excluding tert-OH is 1. The SMILES string of the molecule is CCOC(=O)[C@H]1[C@@H]2Cc3c(OC)cccc3[C@H](O[Si](C)(C)C(C)(C)C)[C@H]2C[C@@H]1O. The molecule has 2 aliphatic carbocycles. The van der Waals surface area contributed by atoms with Gasteiger partial charge in [-0.3, -0.25) is 4.79 Å². The smallest absolute Gasteiger partial charge is 0.311 e. The molecule has 162 valence electrons. The number of carbonyl (C=O) groups is 1. The number of ether oxygens (including phenoxy) is 2. The van der Waals surface area contributed by atoms with E-state index in [1.54, 1.807) is 14.0 Å². The van der Waals surface area contributed by atoms with E-state index in [1.165, 1.54) is 0 Å². The van der Waals surface area contributed by atoms with Crippen LogP contribution in [0.1, 0.15) is 51.3 Å². The van der Waals surface area contributed by atoms with Crippen molar-refractivity contribution in [3.05, 3.63) is 29.3 Å². The zero-order chi connectivity index (χ0) is 21.6. The molecule has 5 nitrogen and oxygen atoms in total. The zero-order valence-electron chi connectivity index (χ0n) is 18.8. The summed E-state index contributed by atoms with van der Waals surface area (Å²) in [7, 11) is -0.395. The van der Waals surface area contributed by atoms with E-state index in [0.717, 1.165) is 16.9 Å². The Kier molecular flexibility index (Phi) is 6.19. The number of esters is 1. The number of carbonyl (C=O) groups excluding carboxylic acids is 1. The quantitative estimate of drug-likeness (QED) is 0.562. The fourth-order valence-corrected chi connectivity index (χ4v) is 6.01. The second-order valence-electron chi connectivity index (χ2n) is 9.94. The van der Waals surface area contributed by atoms with Gasteiger partial charge in [-0.25, -0.2) is 0 Å². The van der Waals surface area contributed by atoms with Gasteiger partial charge in [0.05, 0.1) is 31.8 Å². The molecule has 0 unspecified atom stereocenters. The molecule has 29 heavy (non-hydrogen) atoms. The van der Waals surface area contributed by atoms with Gasteiger partial charge in [-0.2, -0.15) is 0 Å². The van der Waals surface area contributed by atoms with Crippen LogP contribution in [-0.4, -0.2) is 39.2 Å². The molecule has 1 N–H and O–H groups in total. The van der Waals surface area contributed by atoms with Gasteiger partial charge in [-0.05, 0) is 61.4 Å². The fourth-order valence-electron chi connectivity index (χ4n) is 4.72. The molecule has 0 amide bonds. The largest absolute Gasteiger partial charge is 0.496 e. The molecule has 1 saturated carbocycles. The molecule has 0 aliphatic heterocycles. The van der Waals surface area contributed by atoms with Gasteiger partial charge in [0.25, 0.3) is 0 Å². The fraction of sp³-hybridized carbons (Fsp3) is 0.696. The predicted molar refractivity (Wildman–Crippen MR) is 115 cm³/mol. The van der Waals surface area contributed by atoms with E-state index in [9.17, 15) is 9.90 Å². The lowest BCUT2D eigenvalue weighted by atomic mass is 9.73. The maximum atomic E-state index is 12.7. The van der Waals surface area contributed by atoms with Crippen molar-refractivity contribution in [3.8, 4) is 5.75 Å². The lowest BCUT2D eigenvalue weighted by Crippen LogP contribution is -2.45. The highest BCUT2D eigenvalue weighted by Gasteiger charge is 2.54. The van der Waals surface area contributed by atoms with E-state index >= 15 is 0 Å². The second-order valence-corrected chi connectivity index (χ2v) is 14.7. The summed E-state index contributed by atoms with van der Waals surface area (Å²) in [5.41, 5.74) is 2.25. The number of fused-ring (bicyclic) bond motifs is 2. The van der Waals surface area contributed by atoms with Crippen molar-refractivity contribution in [3.63, 3.8) is 0 Å². The first-order chi connectivity index (χ1) is 13.5. The molecule has 0 radical (unpaired) electrons. The van der Waals surface area contributed by atoms with E-state index in [2.05, 4.69) is 39.9 Å². The Morgan fingerprint density at radius 2 is 1.93 bits per heavy atom. The molecule has 6 heteroatoms. The lowest BCUT2D eigenvalue weighted by Gasteiger charge is -2.45. The third-order valence-corrected chi connectivity index (χ3v) is 11.7. The van der Waals surface area contributed by atoms with E-state index in [4.69, 9.17) is 13.9 Å². The summed E-state index contributed by atoms with van der Waals surface area (Å²) in [6, 6.07) is 6.09. The molecule has 1 aromatic rings. The Balaban J connectivity index is 2.06. The summed E-state index contributed by atoms with van der Waals surface area (Å²) in [6.45, 7) is 13.3. The highest BCUT2D eigenvalue weighted by molar-refractivity contribution is 6.74. The van der Waals surface area contributed by atoms with Crippen LogP contribution in [0.2, 0.25) is 18.1 Å². The average Bonchev–Trinajstić information content (AvgIpc) is 2.96. The van der Waals surface area contributed by atoms with Crippen LogP contribution < -0.4 is 4.74 Å². The van der Waals surface area contributed by atoms with Crippen LogP contribution in [-0.2, 0) is 20.4 Å². The number of benzene rings is 1. The summed E-state index contributed by atoms with van der Waals surface area (Å²) < 4.78 is 17.9. The topological polar surface area (TPSA) is 65.0 Å². The standard InChI is InChI=1S/C23H36O5Si/c1-8-27-22(25)20-16-12-15-14(10-9-11-19(15)26-5)21(17(16)13-18(20)24)28-29(6,7)23(2,3)4/h9-11,16-18,20-21,24H,8,12-13H2,1-7H3/t16-,17+,18+,20+,21+/m1/s1. The van der Waals surface area contributed by atoms with Gasteiger partial charge < -0.3 is 19.0 Å². The van der Waals surface area contributed by atoms with Crippen molar-refractivity contribution in [2.45, 2.75) is 70.9 Å². The number of hydrogen-bond acceptors (Lipinski definition) is 5. The van der Waals surface area contributed by atoms with Crippen LogP contribution in [0.4, 0.5) is 0 Å². The van der Waals surface area contributed by atoms with Crippen molar-refractivity contribution in [2.75, 3.05) is 13.7 Å². The van der Waals surface area contributed by atoms with Crippen LogP contribution in [0, 0.1) is 17.8 Å². The molecule has 0 saturated heterocycles. The molecule has 0 heterocycles.